The first-order chi connectivity index (χ1) is 47.8. The van der Waals surface area contributed by atoms with Crippen molar-refractivity contribution in [1.82, 2.24) is 45.0 Å². The average Bonchev–Trinajstić information content (AvgIpc) is 1.54. The fourth-order valence-corrected chi connectivity index (χ4v) is 10.3. The van der Waals surface area contributed by atoms with E-state index in [1.165, 1.54) is 14.4 Å². The number of carboxylic acids is 3. The van der Waals surface area contributed by atoms with Crippen molar-refractivity contribution in [2.75, 3.05) is 0 Å². The van der Waals surface area contributed by atoms with Crippen LogP contribution in [-0.4, -0.2) is 78.2 Å². The molecule has 27 heteroatoms. The number of aliphatic carboxylic acids is 3. The van der Waals surface area contributed by atoms with Crippen molar-refractivity contribution in [1.29, 1.82) is 0 Å². The second-order valence-corrected chi connectivity index (χ2v) is 26.6. The molecule has 0 saturated heterocycles. The Balaban J connectivity index is 0.000000165. The summed E-state index contributed by atoms with van der Waals surface area (Å²) in [6.07, 6.45) is -18.2. The van der Waals surface area contributed by atoms with E-state index in [1.54, 1.807) is 54.6 Å². The van der Waals surface area contributed by atoms with Crippen LogP contribution in [0.25, 0.3) is 50.2 Å². The highest BCUT2D eigenvalue weighted by molar-refractivity contribution is 5.79. The van der Waals surface area contributed by atoms with Gasteiger partial charge < -0.3 is 29.5 Å². The summed E-state index contributed by atoms with van der Waals surface area (Å²) in [4.78, 5) is 40.2. The zero-order chi connectivity index (χ0) is 74.0. The molecule has 3 heterocycles. The molecule has 0 amide bonds. The van der Waals surface area contributed by atoms with Gasteiger partial charge in [0, 0.05) is 16.7 Å². The van der Waals surface area contributed by atoms with Crippen LogP contribution in [0.4, 0.5) is 39.5 Å². The first kappa shape index (κ1) is 73.1. The van der Waals surface area contributed by atoms with Gasteiger partial charge in [-0.3, -0.25) is 0 Å². The zero-order valence-corrected chi connectivity index (χ0v) is 56.0. The minimum Gasteiger partial charge on any atom is -0.478 e. The van der Waals surface area contributed by atoms with Gasteiger partial charge in [-0.25, -0.2) is 14.4 Å². The standard InChI is InChI=1S/3C25H22F3N3O3/c3*1-24(2,3)17-12-13-21(20(14-17)31-29-18-6-4-5-7-19(18)30-31)34-22(23(32)33)15-8-10-16(11-9-15)25(26,27)28/h3*4-14,22H,1-3H3,(H,32,33). The lowest BCUT2D eigenvalue weighted by molar-refractivity contribution is -0.146. The van der Waals surface area contributed by atoms with E-state index in [2.05, 4.69) is 30.6 Å². The SMILES string of the molecule is CC(C)(C)c1ccc(OC(C(=O)O)c2ccc(C(F)(F)F)cc2)c(-n2nc3ccccc3n2)c1.CC(C)(C)c1ccc(OC(C(=O)O)c2ccc(C(F)(F)F)cc2)c(-n2nc3ccccc3n2)c1.CC(C)(C)c1ccc(OC(C(=O)O)c2ccc(C(F)(F)F)cc2)c(-n2nc3ccccc3n2)c1. The van der Waals surface area contributed by atoms with Gasteiger partial charge in [-0.05, 0) is 142 Å². The predicted molar refractivity (Wildman–Crippen MR) is 360 cm³/mol. The topological polar surface area (TPSA) is 232 Å². The van der Waals surface area contributed by atoms with Crippen molar-refractivity contribution in [2.24, 2.45) is 0 Å². The summed E-state index contributed by atoms with van der Waals surface area (Å²) in [5.41, 5.74) is 4.89. The molecule has 0 radical (unpaired) electrons. The zero-order valence-electron chi connectivity index (χ0n) is 56.0. The smallest absolute Gasteiger partial charge is 0.416 e. The molecule has 0 bridgehead atoms. The monoisotopic (exact) mass is 1410 g/mol. The van der Waals surface area contributed by atoms with Crippen LogP contribution in [0.15, 0.2) is 200 Å². The third-order valence-electron chi connectivity index (χ3n) is 16.0. The van der Waals surface area contributed by atoms with Crippen LogP contribution in [-0.2, 0) is 49.2 Å². The van der Waals surface area contributed by atoms with Crippen LogP contribution in [0.3, 0.4) is 0 Å². The molecule has 0 spiro atoms. The maximum Gasteiger partial charge on any atom is 0.416 e. The van der Waals surface area contributed by atoms with Crippen LogP contribution in [0.2, 0.25) is 0 Å². The number of carboxylic acid groups (broad SMARTS) is 3. The van der Waals surface area contributed by atoms with Crippen molar-refractivity contribution in [2.45, 2.75) is 115 Å². The molecule has 0 aliphatic heterocycles. The Labute approximate surface area is 577 Å². The Bertz CT molecular complexity index is 4420. The molecule has 12 rings (SSSR count). The number of halogens is 9. The van der Waals surface area contributed by atoms with Crippen molar-refractivity contribution in [3.63, 3.8) is 0 Å². The predicted octanol–water partition coefficient (Wildman–Crippen LogP) is 17.8. The summed E-state index contributed by atoms with van der Waals surface area (Å²) < 4.78 is 134. The highest BCUT2D eigenvalue weighted by atomic mass is 19.4. The molecule has 0 saturated carbocycles. The lowest BCUT2D eigenvalue weighted by Gasteiger charge is -2.22. The van der Waals surface area contributed by atoms with E-state index in [1.807, 2.05) is 135 Å². The fraction of sp³-hybridized carbons (Fsp3) is 0.240. The molecular formula is C75H66F9N9O9. The van der Waals surface area contributed by atoms with Crippen LogP contribution >= 0.6 is 0 Å². The van der Waals surface area contributed by atoms with Gasteiger partial charge in [0.1, 0.15) is 67.4 Å². The summed E-state index contributed by atoms with van der Waals surface area (Å²) in [6.45, 7) is 18.3. The Morgan fingerprint density at radius 1 is 0.304 bits per heavy atom. The highest BCUT2D eigenvalue weighted by Crippen LogP contribution is 2.40. The van der Waals surface area contributed by atoms with E-state index >= 15 is 0 Å². The van der Waals surface area contributed by atoms with Gasteiger partial charge >= 0.3 is 36.4 Å². The number of carbonyl (C=O) groups is 3. The molecule has 102 heavy (non-hydrogen) atoms. The first-order valence-corrected chi connectivity index (χ1v) is 31.4. The lowest BCUT2D eigenvalue weighted by Crippen LogP contribution is -2.20. The summed E-state index contributed by atoms with van der Waals surface area (Å²) >= 11 is 0. The molecular weight excluding hydrogens is 1340 g/mol. The normalized spacial score (nSPS) is 13.1. The minimum absolute atomic E-state index is 0.0740. The Kier molecular flexibility index (Phi) is 20.4. The molecule has 528 valence electrons. The minimum atomic E-state index is -4.53. The molecule has 3 unspecified atom stereocenters. The number of nitrogens with zero attached hydrogens (tertiary/aromatic N) is 9. The van der Waals surface area contributed by atoms with Gasteiger partial charge in [-0.2, -0.15) is 39.5 Å². The highest BCUT2D eigenvalue weighted by Gasteiger charge is 2.36. The van der Waals surface area contributed by atoms with E-state index in [9.17, 15) is 69.2 Å². The van der Waals surface area contributed by atoms with Crippen LogP contribution < -0.4 is 14.2 Å². The van der Waals surface area contributed by atoms with Crippen LogP contribution in [0.1, 0.15) is 131 Å². The van der Waals surface area contributed by atoms with E-state index in [-0.39, 0.29) is 50.2 Å². The summed E-state index contributed by atoms with van der Waals surface area (Å²) in [7, 11) is 0. The second-order valence-electron chi connectivity index (χ2n) is 26.6. The lowest BCUT2D eigenvalue weighted by atomic mass is 9.87. The molecule has 9 aromatic carbocycles. The molecule has 12 aromatic rings. The number of alkyl halides is 9. The quantitative estimate of drug-likeness (QED) is 0.0810. The Morgan fingerprint density at radius 2 is 0.490 bits per heavy atom. The Hall–Kier alpha value is -11.6. The van der Waals surface area contributed by atoms with Crippen molar-refractivity contribution >= 4 is 51.0 Å². The molecule has 3 atom stereocenters. The summed E-state index contributed by atoms with van der Waals surface area (Å²) in [6, 6.07) is 49.2. The average molecular weight is 1410 g/mol. The maximum atomic E-state index is 12.9. The molecule has 18 nitrogen and oxygen atoms in total. The number of ether oxygens (including phenoxy) is 3. The van der Waals surface area contributed by atoms with E-state index < -0.39 is 71.4 Å². The van der Waals surface area contributed by atoms with Gasteiger partial charge in [0.15, 0.2) is 0 Å². The van der Waals surface area contributed by atoms with Gasteiger partial charge in [0.2, 0.25) is 18.3 Å². The molecule has 0 aliphatic rings. The molecule has 3 N–H and O–H groups in total. The second kappa shape index (κ2) is 28.5. The van der Waals surface area contributed by atoms with Gasteiger partial charge in [-0.15, -0.1) is 45.0 Å². The number of aromatic nitrogens is 9. The maximum absolute atomic E-state index is 12.9. The van der Waals surface area contributed by atoms with Crippen molar-refractivity contribution in [3.05, 3.63) is 250 Å². The van der Waals surface area contributed by atoms with Gasteiger partial charge in [-0.1, -0.05) is 153 Å². The third-order valence-corrected chi connectivity index (χ3v) is 16.0. The number of hydrogen-bond donors (Lipinski definition) is 3. The molecule has 0 fully saturated rings. The van der Waals surface area contributed by atoms with Crippen LogP contribution in [0.5, 0.6) is 17.2 Å². The number of benzene rings is 9. The third kappa shape index (κ3) is 17.1. The van der Waals surface area contributed by atoms with Gasteiger partial charge in [0.25, 0.3) is 0 Å². The number of rotatable bonds is 15. The number of fused-ring (bicyclic) bond motifs is 3. The fourth-order valence-electron chi connectivity index (χ4n) is 10.3. The van der Waals surface area contributed by atoms with E-state index in [0.29, 0.717) is 50.2 Å². The summed E-state index contributed by atoms with van der Waals surface area (Å²) in [5, 5.41) is 56.3. The van der Waals surface area contributed by atoms with E-state index in [0.717, 1.165) is 89.5 Å². The molecule has 3 aromatic heterocycles. The van der Waals surface area contributed by atoms with Crippen LogP contribution in [0, 0.1) is 0 Å². The van der Waals surface area contributed by atoms with Crippen molar-refractivity contribution in [3.8, 4) is 34.3 Å². The van der Waals surface area contributed by atoms with Crippen molar-refractivity contribution < 1.29 is 83.4 Å². The molecule has 0 aliphatic carbocycles. The summed E-state index contributed by atoms with van der Waals surface area (Å²) in [5.74, 6) is -3.49. The Morgan fingerprint density at radius 3 is 0.657 bits per heavy atom. The van der Waals surface area contributed by atoms with E-state index in [4.69, 9.17) is 14.2 Å². The first-order valence-electron chi connectivity index (χ1n) is 31.4. The largest absolute Gasteiger partial charge is 0.478 e. The van der Waals surface area contributed by atoms with Gasteiger partial charge in [0.05, 0.1) is 16.7 Å². The number of hydrogen-bond acceptors (Lipinski definition) is 12.